The Hall–Kier alpha value is -2.16. The second kappa shape index (κ2) is 7.58. The number of hydrogen-bond donors (Lipinski definition) is 1. The molecule has 2 aromatic rings. The van der Waals surface area contributed by atoms with Crippen molar-refractivity contribution in [3.8, 4) is 11.5 Å². The van der Waals surface area contributed by atoms with E-state index in [1.54, 1.807) is 0 Å². The lowest BCUT2D eigenvalue weighted by Crippen LogP contribution is -2.12. The number of benzene rings is 2. The van der Waals surface area contributed by atoms with E-state index in [1.165, 1.54) is 11.1 Å². The number of rotatable bonds is 7. The van der Waals surface area contributed by atoms with Crippen LogP contribution in [0.25, 0.3) is 0 Å². The largest absolute Gasteiger partial charge is 0.494 e. The second-order valence-corrected chi connectivity index (χ2v) is 4.96. The van der Waals surface area contributed by atoms with Crippen LogP contribution in [0, 0.1) is 13.8 Å². The van der Waals surface area contributed by atoms with Crippen LogP contribution in [0.4, 0.5) is 5.69 Å². The summed E-state index contributed by atoms with van der Waals surface area (Å²) in [5.74, 6) is 1.88. The maximum Gasteiger partial charge on any atom is 0.125 e. The van der Waals surface area contributed by atoms with Crippen LogP contribution >= 0.6 is 0 Å². The number of aryl methyl sites for hydroxylation is 2. The van der Waals surface area contributed by atoms with Gasteiger partial charge in [0.05, 0.1) is 6.61 Å². The highest BCUT2D eigenvalue weighted by atomic mass is 16.5. The van der Waals surface area contributed by atoms with E-state index in [-0.39, 0.29) is 0 Å². The molecule has 0 spiro atoms. The molecule has 0 radical (unpaired) electrons. The van der Waals surface area contributed by atoms with Crippen molar-refractivity contribution < 1.29 is 9.47 Å². The van der Waals surface area contributed by atoms with Crippen molar-refractivity contribution in [2.75, 3.05) is 25.1 Å². The molecular formula is C18H23NO2. The minimum Gasteiger partial charge on any atom is -0.494 e. The molecule has 0 aliphatic rings. The maximum atomic E-state index is 5.87. The van der Waals surface area contributed by atoms with E-state index in [2.05, 4.69) is 37.4 Å². The van der Waals surface area contributed by atoms with Gasteiger partial charge in [0.2, 0.25) is 0 Å². The zero-order valence-corrected chi connectivity index (χ0v) is 13.0. The first-order valence-electron chi connectivity index (χ1n) is 7.36. The van der Waals surface area contributed by atoms with E-state index in [9.17, 15) is 0 Å². The van der Waals surface area contributed by atoms with Gasteiger partial charge < -0.3 is 14.8 Å². The Balaban J connectivity index is 1.83. The van der Waals surface area contributed by atoms with Crippen LogP contribution in [-0.2, 0) is 0 Å². The zero-order chi connectivity index (χ0) is 15.1. The average molecular weight is 285 g/mol. The molecular weight excluding hydrogens is 262 g/mol. The Morgan fingerprint density at radius 3 is 2.38 bits per heavy atom. The molecule has 0 unspecified atom stereocenters. The van der Waals surface area contributed by atoms with E-state index in [1.807, 2.05) is 31.2 Å². The van der Waals surface area contributed by atoms with E-state index in [0.717, 1.165) is 23.7 Å². The number of anilines is 1. The van der Waals surface area contributed by atoms with Gasteiger partial charge in [-0.25, -0.2) is 0 Å². The molecule has 1 N–H and O–H groups in total. The van der Waals surface area contributed by atoms with Crippen molar-refractivity contribution in [2.24, 2.45) is 0 Å². The molecule has 3 nitrogen and oxygen atoms in total. The minimum atomic E-state index is 0.630. The zero-order valence-electron chi connectivity index (χ0n) is 13.0. The van der Waals surface area contributed by atoms with Gasteiger partial charge in [0.25, 0.3) is 0 Å². The van der Waals surface area contributed by atoms with Crippen LogP contribution in [0.2, 0.25) is 0 Å². The molecule has 2 aromatic carbocycles. The van der Waals surface area contributed by atoms with Crippen LogP contribution in [-0.4, -0.2) is 19.8 Å². The Bertz CT molecular complexity index is 561. The Labute approximate surface area is 126 Å². The van der Waals surface area contributed by atoms with Gasteiger partial charge in [-0.1, -0.05) is 24.3 Å². The van der Waals surface area contributed by atoms with Crippen molar-refractivity contribution in [1.82, 2.24) is 0 Å². The minimum absolute atomic E-state index is 0.630. The predicted molar refractivity (Wildman–Crippen MR) is 87.5 cm³/mol. The molecule has 3 heteroatoms. The summed E-state index contributed by atoms with van der Waals surface area (Å²) in [6.45, 7) is 8.19. The summed E-state index contributed by atoms with van der Waals surface area (Å²) < 4.78 is 11.4. The third kappa shape index (κ3) is 4.42. The molecule has 0 saturated heterocycles. The highest BCUT2D eigenvalue weighted by Gasteiger charge is 2.02. The molecule has 0 amide bonds. The summed E-state index contributed by atoms with van der Waals surface area (Å²) in [6, 6.07) is 14.2. The van der Waals surface area contributed by atoms with Crippen molar-refractivity contribution in [3.63, 3.8) is 0 Å². The molecule has 112 valence electrons. The average Bonchev–Trinajstić information content (AvgIpc) is 2.47. The van der Waals surface area contributed by atoms with E-state index in [4.69, 9.17) is 9.47 Å². The van der Waals surface area contributed by atoms with Gasteiger partial charge in [-0.2, -0.15) is 0 Å². The van der Waals surface area contributed by atoms with Gasteiger partial charge in [-0.3, -0.25) is 0 Å². The van der Waals surface area contributed by atoms with Crippen LogP contribution in [0.1, 0.15) is 18.1 Å². The standard InChI is InChI=1S/C18H23NO2/c1-4-20-17-10-6-9-16(13-17)19-11-12-21-18-14(2)7-5-8-15(18)3/h5-10,13,19H,4,11-12H2,1-3H3. The lowest BCUT2D eigenvalue weighted by Gasteiger charge is -2.13. The summed E-state index contributed by atoms with van der Waals surface area (Å²) in [5.41, 5.74) is 3.40. The fraction of sp³-hybridized carbons (Fsp3) is 0.333. The fourth-order valence-electron chi connectivity index (χ4n) is 2.24. The SMILES string of the molecule is CCOc1cccc(NCCOc2c(C)cccc2C)c1. The van der Waals surface area contributed by atoms with Crippen LogP contribution < -0.4 is 14.8 Å². The number of para-hydroxylation sites is 1. The summed E-state index contributed by atoms with van der Waals surface area (Å²) in [6.07, 6.45) is 0. The first-order valence-corrected chi connectivity index (χ1v) is 7.36. The normalized spacial score (nSPS) is 10.2. The lowest BCUT2D eigenvalue weighted by atomic mass is 10.1. The van der Waals surface area contributed by atoms with Gasteiger partial charge in [0.1, 0.15) is 18.1 Å². The van der Waals surface area contributed by atoms with Crippen LogP contribution in [0.3, 0.4) is 0 Å². The number of ether oxygens (including phenoxy) is 2. The molecule has 2 rings (SSSR count). The first kappa shape index (κ1) is 15.2. The molecule has 0 bridgehead atoms. The smallest absolute Gasteiger partial charge is 0.125 e. The van der Waals surface area contributed by atoms with Crippen LogP contribution in [0.5, 0.6) is 11.5 Å². The quantitative estimate of drug-likeness (QED) is 0.774. The molecule has 0 aliphatic carbocycles. The molecule has 0 fully saturated rings. The molecule has 21 heavy (non-hydrogen) atoms. The van der Waals surface area contributed by atoms with E-state index < -0.39 is 0 Å². The molecule has 0 heterocycles. The lowest BCUT2D eigenvalue weighted by molar-refractivity contribution is 0.328. The number of nitrogens with one attached hydrogen (secondary N) is 1. The van der Waals surface area contributed by atoms with Crippen molar-refractivity contribution >= 4 is 5.69 Å². The second-order valence-electron chi connectivity index (χ2n) is 4.96. The third-order valence-corrected chi connectivity index (χ3v) is 3.23. The summed E-state index contributed by atoms with van der Waals surface area (Å²) in [7, 11) is 0. The van der Waals surface area contributed by atoms with E-state index >= 15 is 0 Å². The van der Waals surface area contributed by atoms with Gasteiger partial charge >= 0.3 is 0 Å². The van der Waals surface area contributed by atoms with Gasteiger partial charge in [-0.15, -0.1) is 0 Å². The predicted octanol–water partition coefficient (Wildman–Crippen LogP) is 4.19. The monoisotopic (exact) mass is 285 g/mol. The first-order chi connectivity index (χ1) is 10.2. The summed E-state index contributed by atoms with van der Waals surface area (Å²) in [4.78, 5) is 0. The Morgan fingerprint density at radius 2 is 1.67 bits per heavy atom. The molecule has 0 aromatic heterocycles. The Kier molecular flexibility index (Phi) is 5.50. The molecule has 0 atom stereocenters. The highest BCUT2D eigenvalue weighted by Crippen LogP contribution is 2.22. The van der Waals surface area contributed by atoms with Crippen LogP contribution in [0.15, 0.2) is 42.5 Å². The topological polar surface area (TPSA) is 30.5 Å². The molecule has 0 aliphatic heterocycles. The van der Waals surface area contributed by atoms with Crippen molar-refractivity contribution in [1.29, 1.82) is 0 Å². The van der Waals surface area contributed by atoms with Crippen molar-refractivity contribution in [3.05, 3.63) is 53.6 Å². The Morgan fingerprint density at radius 1 is 0.952 bits per heavy atom. The highest BCUT2D eigenvalue weighted by molar-refractivity contribution is 5.48. The summed E-state index contributed by atoms with van der Waals surface area (Å²) >= 11 is 0. The van der Waals surface area contributed by atoms with Crippen molar-refractivity contribution in [2.45, 2.75) is 20.8 Å². The fourth-order valence-corrected chi connectivity index (χ4v) is 2.24. The van der Waals surface area contributed by atoms with Gasteiger partial charge in [0, 0.05) is 18.3 Å². The van der Waals surface area contributed by atoms with E-state index in [0.29, 0.717) is 13.2 Å². The molecule has 0 saturated carbocycles. The summed E-state index contributed by atoms with van der Waals surface area (Å²) in [5, 5.41) is 3.35. The number of hydrogen-bond acceptors (Lipinski definition) is 3. The van der Waals surface area contributed by atoms with Gasteiger partial charge in [0.15, 0.2) is 0 Å². The maximum absolute atomic E-state index is 5.87. The van der Waals surface area contributed by atoms with Gasteiger partial charge in [-0.05, 0) is 44.0 Å². The third-order valence-electron chi connectivity index (χ3n) is 3.23.